The Balaban J connectivity index is 1.68. The number of alkyl halides is 3. The molecule has 0 aliphatic rings. The van der Waals surface area contributed by atoms with Crippen LogP contribution in [0.2, 0.25) is 5.02 Å². The molecule has 0 aliphatic carbocycles. The monoisotopic (exact) mass is 453 g/mol. The third-order valence-electron chi connectivity index (χ3n) is 4.19. The van der Waals surface area contributed by atoms with Gasteiger partial charge in [0.15, 0.2) is 12.4 Å². The summed E-state index contributed by atoms with van der Waals surface area (Å²) in [6.07, 6.45) is -4.09. The number of fused-ring (bicyclic) bond motifs is 1. The summed E-state index contributed by atoms with van der Waals surface area (Å²) < 4.78 is 48.1. The number of carbonyl (C=O) groups excluding carboxylic acids is 2. The van der Waals surface area contributed by atoms with Gasteiger partial charge in [0.1, 0.15) is 5.75 Å². The van der Waals surface area contributed by atoms with Crippen molar-refractivity contribution in [3.8, 4) is 5.75 Å². The smallest absolute Gasteiger partial charge is 0.417 e. The largest absolute Gasteiger partial charge is 0.497 e. The van der Waals surface area contributed by atoms with E-state index in [1.54, 1.807) is 31.2 Å². The number of hydrogen-bond donors (Lipinski definition) is 1. The molecule has 0 aliphatic heterocycles. The van der Waals surface area contributed by atoms with Crippen LogP contribution >= 0.6 is 11.6 Å². The molecule has 162 valence electrons. The first-order valence-corrected chi connectivity index (χ1v) is 9.11. The summed E-state index contributed by atoms with van der Waals surface area (Å²) in [5, 5.41) is 2.43. The van der Waals surface area contributed by atoms with Crippen molar-refractivity contribution in [2.75, 3.05) is 19.0 Å². The number of esters is 1. The lowest BCUT2D eigenvalue weighted by molar-refractivity contribution is -0.137. The van der Waals surface area contributed by atoms with Crippen molar-refractivity contribution in [3.05, 3.63) is 58.4 Å². The molecule has 0 unspecified atom stereocenters. The van der Waals surface area contributed by atoms with Crippen LogP contribution in [0, 0.1) is 6.92 Å². The van der Waals surface area contributed by atoms with Crippen LogP contribution in [-0.4, -0.2) is 35.6 Å². The number of methoxy groups -OCH3 is 1. The second kappa shape index (κ2) is 8.76. The third kappa shape index (κ3) is 5.21. The number of ether oxygens (including phenoxy) is 2. The minimum atomic E-state index is -4.62. The Morgan fingerprint density at radius 1 is 1.19 bits per heavy atom. The maximum atomic E-state index is 12.6. The number of anilines is 1. The fourth-order valence-corrected chi connectivity index (χ4v) is 2.86. The van der Waals surface area contributed by atoms with E-state index in [1.165, 1.54) is 7.11 Å². The third-order valence-corrected chi connectivity index (χ3v) is 4.48. The van der Waals surface area contributed by atoms with Crippen LogP contribution in [0.1, 0.15) is 21.6 Å². The molecular formula is C20H15ClF3N3O4. The summed E-state index contributed by atoms with van der Waals surface area (Å²) in [6.45, 7) is 0.916. The van der Waals surface area contributed by atoms with Gasteiger partial charge in [-0.3, -0.25) is 9.78 Å². The van der Waals surface area contributed by atoms with Crippen LogP contribution in [-0.2, 0) is 15.7 Å². The molecule has 0 atom stereocenters. The SMILES string of the molecule is COc1ccc2nc(C)c(C(=O)OCC(=O)Nc3ncc(C(F)(F)F)cc3Cl)cc2c1. The first-order valence-electron chi connectivity index (χ1n) is 8.73. The average molecular weight is 454 g/mol. The average Bonchev–Trinajstić information content (AvgIpc) is 2.71. The number of rotatable bonds is 5. The van der Waals surface area contributed by atoms with Crippen molar-refractivity contribution in [1.29, 1.82) is 0 Å². The zero-order valence-electron chi connectivity index (χ0n) is 16.2. The quantitative estimate of drug-likeness (QED) is 0.575. The number of nitrogens with one attached hydrogen (secondary N) is 1. The van der Waals surface area contributed by atoms with Gasteiger partial charge in [0, 0.05) is 11.6 Å². The van der Waals surface area contributed by atoms with Crippen LogP contribution in [0.5, 0.6) is 5.75 Å². The molecule has 0 radical (unpaired) electrons. The Hall–Kier alpha value is -3.40. The van der Waals surface area contributed by atoms with Crippen molar-refractivity contribution < 1.29 is 32.2 Å². The van der Waals surface area contributed by atoms with E-state index >= 15 is 0 Å². The summed E-state index contributed by atoms with van der Waals surface area (Å²) in [4.78, 5) is 32.2. The Morgan fingerprint density at radius 3 is 2.58 bits per heavy atom. The molecule has 1 amide bonds. The van der Waals surface area contributed by atoms with Gasteiger partial charge in [0.2, 0.25) is 0 Å². The number of pyridine rings is 2. The van der Waals surface area contributed by atoms with E-state index in [-0.39, 0.29) is 11.4 Å². The van der Waals surface area contributed by atoms with Gasteiger partial charge in [-0.15, -0.1) is 0 Å². The number of aryl methyl sites for hydroxylation is 1. The van der Waals surface area contributed by atoms with E-state index in [9.17, 15) is 22.8 Å². The first kappa shape index (κ1) is 22.3. The first-order chi connectivity index (χ1) is 14.6. The van der Waals surface area contributed by atoms with Crippen LogP contribution in [0.25, 0.3) is 10.9 Å². The predicted octanol–water partition coefficient (Wildman–Crippen LogP) is 4.41. The molecule has 0 saturated heterocycles. The topological polar surface area (TPSA) is 90.4 Å². The summed E-state index contributed by atoms with van der Waals surface area (Å²) >= 11 is 5.74. The molecule has 0 saturated carbocycles. The molecule has 0 fully saturated rings. The highest BCUT2D eigenvalue weighted by Crippen LogP contribution is 2.32. The second-order valence-electron chi connectivity index (χ2n) is 6.36. The Morgan fingerprint density at radius 2 is 1.94 bits per heavy atom. The van der Waals surface area contributed by atoms with Crippen molar-refractivity contribution in [3.63, 3.8) is 0 Å². The van der Waals surface area contributed by atoms with Gasteiger partial charge in [0.05, 0.1) is 34.5 Å². The summed E-state index contributed by atoms with van der Waals surface area (Å²) in [5.74, 6) is -1.32. The van der Waals surface area contributed by atoms with E-state index < -0.39 is 35.2 Å². The molecule has 3 aromatic rings. The van der Waals surface area contributed by atoms with Crippen molar-refractivity contribution in [1.82, 2.24) is 9.97 Å². The molecule has 2 aromatic heterocycles. The fraction of sp³-hybridized carbons (Fsp3) is 0.200. The zero-order chi connectivity index (χ0) is 22.8. The van der Waals surface area contributed by atoms with E-state index in [1.807, 2.05) is 0 Å². The Kier molecular flexibility index (Phi) is 6.30. The number of nitrogens with zero attached hydrogens (tertiary/aromatic N) is 2. The van der Waals surface area contributed by atoms with E-state index in [0.29, 0.717) is 34.6 Å². The van der Waals surface area contributed by atoms with Crippen LogP contribution in [0.4, 0.5) is 19.0 Å². The molecule has 1 aromatic carbocycles. The molecule has 7 nitrogen and oxygen atoms in total. The summed E-state index contributed by atoms with van der Waals surface area (Å²) in [5.41, 5.74) is 0.142. The lowest BCUT2D eigenvalue weighted by Crippen LogP contribution is -2.22. The number of carbonyl (C=O) groups is 2. The van der Waals surface area contributed by atoms with Crippen molar-refractivity contribution in [2.45, 2.75) is 13.1 Å². The number of amides is 1. The highest BCUT2D eigenvalue weighted by atomic mass is 35.5. The van der Waals surface area contributed by atoms with Crippen LogP contribution in [0.15, 0.2) is 36.5 Å². The molecule has 0 spiro atoms. The molecule has 0 bridgehead atoms. The standard InChI is InChI=1S/C20H15ClF3N3O4/c1-10-14(6-11-5-13(30-2)3-4-16(11)26-10)19(29)31-9-17(28)27-18-15(21)7-12(8-25-18)20(22,23)24/h3-8H,9H2,1-2H3,(H,25,27,28). The van der Waals surface area contributed by atoms with Crippen LogP contribution < -0.4 is 10.1 Å². The lowest BCUT2D eigenvalue weighted by atomic mass is 10.1. The minimum Gasteiger partial charge on any atom is -0.497 e. The maximum Gasteiger partial charge on any atom is 0.417 e. The summed E-state index contributed by atoms with van der Waals surface area (Å²) in [7, 11) is 1.51. The van der Waals surface area contributed by atoms with Gasteiger partial charge in [-0.2, -0.15) is 13.2 Å². The molecule has 1 N–H and O–H groups in total. The van der Waals surface area contributed by atoms with E-state index in [0.717, 1.165) is 0 Å². The highest BCUT2D eigenvalue weighted by molar-refractivity contribution is 6.33. The van der Waals surface area contributed by atoms with Crippen LogP contribution in [0.3, 0.4) is 0 Å². The van der Waals surface area contributed by atoms with Gasteiger partial charge in [-0.1, -0.05) is 11.6 Å². The zero-order valence-corrected chi connectivity index (χ0v) is 17.0. The highest BCUT2D eigenvalue weighted by Gasteiger charge is 2.31. The molecular weight excluding hydrogens is 439 g/mol. The lowest BCUT2D eigenvalue weighted by Gasteiger charge is -2.11. The van der Waals surface area contributed by atoms with Gasteiger partial charge in [-0.25, -0.2) is 9.78 Å². The number of aromatic nitrogens is 2. The van der Waals surface area contributed by atoms with Gasteiger partial charge < -0.3 is 14.8 Å². The molecule has 11 heteroatoms. The molecule has 31 heavy (non-hydrogen) atoms. The minimum absolute atomic E-state index is 0.152. The summed E-state index contributed by atoms with van der Waals surface area (Å²) in [6, 6.07) is 7.37. The maximum absolute atomic E-state index is 12.6. The van der Waals surface area contributed by atoms with E-state index in [2.05, 4.69) is 15.3 Å². The van der Waals surface area contributed by atoms with Crippen molar-refractivity contribution >= 4 is 40.2 Å². The molecule has 3 rings (SSSR count). The number of halogens is 4. The van der Waals surface area contributed by atoms with Gasteiger partial charge in [-0.05, 0) is 37.3 Å². The van der Waals surface area contributed by atoms with Crippen molar-refractivity contribution in [2.24, 2.45) is 0 Å². The number of benzene rings is 1. The van der Waals surface area contributed by atoms with E-state index in [4.69, 9.17) is 21.1 Å². The normalized spacial score (nSPS) is 11.3. The fourth-order valence-electron chi connectivity index (χ4n) is 2.65. The number of hydrogen-bond acceptors (Lipinski definition) is 6. The Labute approximate surface area is 179 Å². The van der Waals surface area contributed by atoms with Gasteiger partial charge >= 0.3 is 12.1 Å². The predicted molar refractivity (Wildman–Crippen MR) is 106 cm³/mol. The Bertz CT molecular complexity index is 1170. The molecule has 2 heterocycles. The van der Waals surface area contributed by atoms with Gasteiger partial charge in [0.25, 0.3) is 5.91 Å². The second-order valence-corrected chi connectivity index (χ2v) is 6.76.